The number of aryl methyl sites for hydroxylation is 2. The molecule has 0 saturated carbocycles. The molecule has 0 spiro atoms. The number of nitrogens with two attached hydrogens (primary N) is 1. The number of hydrogen-bond acceptors (Lipinski definition) is 6. The molecule has 2 aromatic rings. The zero-order chi connectivity index (χ0) is 14.0. The molecule has 0 radical (unpaired) electrons. The van der Waals surface area contributed by atoms with Crippen LogP contribution < -0.4 is 16.0 Å². The van der Waals surface area contributed by atoms with Gasteiger partial charge in [0.2, 0.25) is 11.8 Å². The van der Waals surface area contributed by atoms with Crippen LogP contribution in [0.15, 0.2) is 12.1 Å². The van der Waals surface area contributed by atoms with Crippen molar-refractivity contribution >= 4 is 5.82 Å². The molecule has 2 heterocycles. The summed E-state index contributed by atoms with van der Waals surface area (Å²) in [6.07, 6.45) is 0. The van der Waals surface area contributed by atoms with Crippen molar-refractivity contribution in [3.8, 4) is 11.8 Å². The van der Waals surface area contributed by atoms with E-state index in [0.717, 1.165) is 5.69 Å². The standard InChI is InChI=1S/C12H18N6O/c1-7(2)12-14-9(16-13)6-10(15-12)19-11-5-8(3)17-18(11)4/h5-7H,13H2,1-4H3,(H,14,15,16). The first-order valence-corrected chi connectivity index (χ1v) is 6.03. The van der Waals surface area contributed by atoms with Crippen molar-refractivity contribution in [1.82, 2.24) is 19.7 Å². The van der Waals surface area contributed by atoms with Gasteiger partial charge < -0.3 is 10.2 Å². The number of nitrogens with one attached hydrogen (secondary N) is 1. The maximum absolute atomic E-state index is 5.72. The third-order valence-electron chi connectivity index (χ3n) is 2.55. The zero-order valence-corrected chi connectivity index (χ0v) is 11.5. The van der Waals surface area contributed by atoms with E-state index in [1.807, 2.05) is 33.9 Å². The van der Waals surface area contributed by atoms with Gasteiger partial charge >= 0.3 is 0 Å². The Balaban J connectivity index is 2.34. The first kappa shape index (κ1) is 13.3. The molecule has 2 aromatic heterocycles. The summed E-state index contributed by atoms with van der Waals surface area (Å²) in [4.78, 5) is 8.63. The van der Waals surface area contributed by atoms with Crippen molar-refractivity contribution in [1.29, 1.82) is 0 Å². The maximum atomic E-state index is 5.72. The van der Waals surface area contributed by atoms with Crippen LogP contribution in [0.3, 0.4) is 0 Å². The number of nitrogen functional groups attached to an aromatic ring is 1. The molecular weight excluding hydrogens is 244 g/mol. The average molecular weight is 262 g/mol. The number of hydrogen-bond donors (Lipinski definition) is 2. The van der Waals surface area contributed by atoms with Crippen LogP contribution in [0.25, 0.3) is 0 Å². The number of ether oxygens (including phenoxy) is 1. The van der Waals surface area contributed by atoms with Gasteiger partial charge in [0.1, 0.15) is 11.6 Å². The zero-order valence-electron chi connectivity index (χ0n) is 11.5. The Bertz CT molecular complexity index is 578. The van der Waals surface area contributed by atoms with E-state index in [1.165, 1.54) is 0 Å². The minimum Gasteiger partial charge on any atom is -0.421 e. The Hall–Kier alpha value is -2.15. The summed E-state index contributed by atoms with van der Waals surface area (Å²) in [6.45, 7) is 5.92. The molecule has 3 N–H and O–H groups in total. The maximum Gasteiger partial charge on any atom is 0.226 e. The predicted molar refractivity (Wildman–Crippen MR) is 72.0 cm³/mol. The van der Waals surface area contributed by atoms with Gasteiger partial charge in [-0.15, -0.1) is 0 Å². The minimum atomic E-state index is 0.184. The second-order valence-corrected chi connectivity index (χ2v) is 4.60. The minimum absolute atomic E-state index is 0.184. The van der Waals surface area contributed by atoms with Crippen LogP contribution in [-0.2, 0) is 7.05 Å². The van der Waals surface area contributed by atoms with E-state index in [0.29, 0.717) is 23.4 Å². The molecule has 0 bridgehead atoms. The molecule has 0 aliphatic rings. The van der Waals surface area contributed by atoms with E-state index in [4.69, 9.17) is 10.6 Å². The van der Waals surface area contributed by atoms with Crippen LogP contribution in [-0.4, -0.2) is 19.7 Å². The monoisotopic (exact) mass is 262 g/mol. The van der Waals surface area contributed by atoms with Gasteiger partial charge in [-0.1, -0.05) is 13.8 Å². The number of nitrogens with zero attached hydrogens (tertiary/aromatic N) is 4. The Morgan fingerprint density at radius 3 is 2.58 bits per heavy atom. The lowest BCUT2D eigenvalue weighted by molar-refractivity contribution is 0.412. The third-order valence-corrected chi connectivity index (χ3v) is 2.55. The molecule has 0 aromatic carbocycles. The quantitative estimate of drug-likeness (QED) is 0.644. The number of rotatable bonds is 4. The number of aromatic nitrogens is 4. The van der Waals surface area contributed by atoms with E-state index >= 15 is 0 Å². The third kappa shape index (κ3) is 3.00. The smallest absolute Gasteiger partial charge is 0.226 e. The molecule has 7 nitrogen and oxygen atoms in total. The summed E-state index contributed by atoms with van der Waals surface area (Å²) < 4.78 is 7.37. The Kier molecular flexibility index (Phi) is 3.66. The first-order valence-electron chi connectivity index (χ1n) is 6.03. The Labute approximate surface area is 111 Å². The van der Waals surface area contributed by atoms with Crippen LogP contribution in [0.2, 0.25) is 0 Å². The van der Waals surface area contributed by atoms with Gasteiger partial charge in [0, 0.05) is 25.1 Å². The molecule has 0 atom stereocenters. The highest BCUT2D eigenvalue weighted by Crippen LogP contribution is 2.23. The van der Waals surface area contributed by atoms with Gasteiger partial charge in [-0.25, -0.2) is 15.5 Å². The van der Waals surface area contributed by atoms with Crippen LogP contribution in [0.1, 0.15) is 31.3 Å². The lowest BCUT2D eigenvalue weighted by Gasteiger charge is -2.10. The topological polar surface area (TPSA) is 90.9 Å². The first-order chi connectivity index (χ1) is 8.99. The van der Waals surface area contributed by atoms with Crippen LogP contribution in [0.5, 0.6) is 11.8 Å². The normalized spacial score (nSPS) is 10.8. The molecule has 0 fully saturated rings. The van der Waals surface area contributed by atoms with Crippen molar-refractivity contribution in [3.63, 3.8) is 0 Å². The molecule has 2 rings (SSSR count). The van der Waals surface area contributed by atoms with Crippen molar-refractivity contribution in [2.45, 2.75) is 26.7 Å². The molecule has 102 valence electrons. The van der Waals surface area contributed by atoms with E-state index in [2.05, 4.69) is 20.5 Å². The van der Waals surface area contributed by atoms with Crippen molar-refractivity contribution < 1.29 is 4.74 Å². The van der Waals surface area contributed by atoms with Crippen molar-refractivity contribution in [2.24, 2.45) is 12.9 Å². The fraction of sp³-hybridized carbons (Fsp3) is 0.417. The van der Waals surface area contributed by atoms with Crippen LogP contribution in [0, 0.1) is 6.92 Å². The van der Waals surface area contributed by atoms with Gasteiger partial charge in [0.05, 0.1) is 5.69 Å². The van der Waals surface area contributed by atoms with Gasteiger partial charge in [0.15, 0.2) is 0 Å². The van der Waals surface area contributed by atoms with Crippen molar-refractivity contribution in [3.05, 3.63) is 23.7 Å². The van der Waals surface area contributed by atoms with Crippen LogP contribution >= 0.6 is 0 Å². The summed E-state index contributed by atoms with van der Waals surface area (Å²) >= 11 is 0. The van der Waals surface area contributed by atoms with Crippen molar-refractivity contribution in [2.75, 3.05) is 5.43 Å². The van der Waals surface area contributed by atoms with Gasteiger partial charge in [0.25, 0.3) is 0 Å². The second-order valence-electron chi connectivity index (χ2n) is 4.60. The van der Waals surface area contributed by atoms with Gasteiger partial charge in [-0.3, -0.25) is 0 Å². The Morgan fingerprint density at radius 2 is 2.05 bits per heavy atom. The van der Waals surface area contributed by atoms with E-state index in [9.17, 15) is 0 Å². The molecule has 0 saturated heterocycles. The fourth-order valence-electron chi connectivity index (χ4n) is 1.62. The van der Waals surface area contributed by atoms with Gasteiger partial charge in [-0.05, 0) is 6.92 Å². The lowest BCUT2D eigenvalue weighted by Crippen LogP contribution is -2.11. The molecule has 0 unspecified atom stereocenters. The second kappa shape index (κ2) is 5.23. The molecule has 0 amide bonds. The summed E-state index contributed by atoms with van der Waals surface area (Å²) in [5.41, 5.74) is 3.40. The predicted octanol–water partition coefficient (Wildman–Crippen LogP) is 1.72. The summed E-state index contributed by atoms with van der Waals surface area (Å²) in [7, 11) is 1.81. The lowest BCUT2D eigenvalue weighted by atomic mass is 10.2. The highest BCUT2D eigenvalue weighted by Gasteiger charge is 2.11. The fourth-order valence-corrected chi connectivity index (χ4v) is 1.62. The summed E-state index contributed by atoms with van der Waals surface area (Å²) in [5.74, 6) is 7.84. The summed E-state index contributed by atoms with van der Waals surface area (Å²) in [5, 5.41) is 4.22. The largest absolute Gasteiger partial charge is 0.421 e. The van der Waals surface area contributed by atoms with Crippen LogP contribution in [0.4, 0.5) is 5.82 Å². The van der Waals surface area contributed by atoms with E-state index < -0.39 is 0 Å². The van der Waals surface area contributed by atoms with E-state index in [-0.39, 0.29) is 5.92 Å². The molecule has 0 aliphatic heterocycles. The SMILES string of the molecule is Cc1cc(Oc2cc(NN)nc(C(C)C)n2)n(C)n1. The average Bonchev–Trinajstić information content (AvgIpc) is 2.67. The van der Waals surface area contributed by atoms with E-state index in [1.54, 1.807) is 10.7 Å². The summed E-state index contributed by atoms with van der Waals surface area (Å²) in [6, 6.07) is 3.49. The number of anilines is 1. The van der Waals surface area contributed by atoms with Gasteiger partial charge in [-0.2, -0.15) is 10.1 Å². The molecule has 0 aliphatic carbocycles. The highest BCUT2D eigenvalue weighted by molar-refractivity contribution is 5.38. The molecule has 7 heteroatoms. The molecule has 19 heavy (non-hydrogen) atoms. The Morgan fingerprint density at radius 1 is 1.32 bits per heavy atom. The number of hydrazine groups is 1. The molecular formula is C12H18N6O. The highest BCUT2D eigenvalue weighted by atomic mass is 16.5.